The highest BCUT2D eigenvalue weighted by molar-refractivity contribution is 5.12. The molecule has 0 atom stereocenters. The molecule has 14 heavy (non-hydrogen) atoms. The average Bonchev–Trinajstić information content (AvgIpc) is 2.23. The third-order valence-corrected chi connectivity index (χ3v) is 2.66. The van der Waals surface area contributed by atoms with Gasteiger partial charge in [-0.25, -0.2) is 0 Å². The molecule has 0 unspecified atom stereocenters. The van der Waals surface area contributed by atoms with Gasteiger partial charge in [-0.3, -0.25) is 0 Å². The predicted octanol–water partition coefficient (Wildman–Crippen LogP) is 0.901. The van der Waals surface area contributed by atoms with Crippen LogP contribution in [0, 0.1) is 6.20 Å². The first-order chi connectivity index (χ1) is 6.84. The van der Waals surface area contributed by atoms with Crippen LogP contribution in [0.1, 0.15) is 12.8 Å². The lowest BCUT2D eigenvalue weighted by atomic mass is 10.1. The van der Waals surface area contributed by atoms with Gasteiger partial charge in [-0.15, -0.1) is 0 Å². The number of allylic oxidation sites excluding steroid dienone is 1. The number of piperidine rings is 1. The summed E-state index contributed by atoms with van der Waals surface area (Å²) < 4.78 is 5.81. The molecule has 0 aromatic rings. The average molecular weight is 193 g/mol. The van der Waals surface area contributed by atoms with Gasteiger partial charge < -0.3 is 15.0 Å². The number of nitrogens with one attached hydrogen (secondary N) is 1. The fourth-order valence-electron chi connectivity index (χ4n) is 1.76. The van der Waals surface area contributed by atoms with Crippen molar-refractivity contribution in [3.05, 3.63) is 24.1 Å². The fourth-order valence-corrected chi connectivity index (χ4v) is 1.76. The molecule has 3 heteroatoms. The van der Waals surface area contributed by atoms with Crippen molar-refractivity contribution in [1.82, 2.24) is 10.2 Å². The van der Waals surface area contributed by atoms with Crippen LogP contribution in [0.3, 0.4) is 0 Å². The van der Waals surface area contributed by atoms with E-state index in [2.05, 4.69) is 29.5 Å². The summed E-state index contributed by atoms with van der Waals surface area (Å²) in [5, 5.41) is 3.02. The molecule has 0 aromatic heterocycles. The number of rotatable bonds is 2. The third kappa shape index (κ3) is 2.51. The number of nitrogens with zero attached hydrogens (tertiary/aromatic N) is 1. The van der Waals surface area contributed by atoms with Gasteiger partial charge in [0.25, 0.3) is 0 Å². The van der Waals surface area contributed by atoms with Crippen LogP contribution in [0.4, 0.5) is 0 Å². The molecule has 0 aromatic carbocycles. The zero-order valence-electron chi connectivity index (χ0n) is 8.62. The summed E-state index contributed by atoms with van der Waals surface area (Å²) in [5.41, 5.74) is 0. The van der Waals surface area contributed by atoms with Gasteiger partial charge in [0.2, 0.25) is 0 Å². The maximum absolute atomic E-state index is 5.81. The summed E-state index contributed by atoms with van der Waals surface area (Å²) in [5.74, 6) is 0.853. The minimum atomic E-state index is 0.373. The van der Waals surface area contributed by atoms with Crippen molar-refractivity contribution in [3.8, 4) is 0 Å². The van der Waals surface area contributed by atoms with Crippen LogP contribution in [0.25, 0.3) is 0 Å². The lowest BCUT2D eigenvalue weighted by Crippen LogP contribution is -2.34. The molecule has 1 saturated heterocycles. The van der Waals surface area contributed by atoms with Gasteiger partial charge in [-0.05, 0) is 26.0 Å². The van der Waals surface area contributed by atoms with E-state index in [-0.39, 0.29) is 0 Å². The smallest absolute Gasteiger partial charge is 0.144 e. The number of ether oxygens (including phenoxy) is 1. The third-order valence-electron chi connectivity index (χ3n) is 2.66. The van der Waals surface area contributed by atoms with Gasteiger partial charge in [0, 0.05) is 19.6 Å². The summed E-state index contributed by atoms with van der Waals surface area (Å²) in [4.78, 5) is 2.34. The van der Waals surface area contributed by atoms with Gasteiger partial charge >= 0.3 is 0 Å². The van der Waals surface area contributed by atoms with E-state index in [1.54, 1.807) is 0 Å². The summed E-state index contributed by atoms with van der Waals surface area (Å²) in [6, 6.07) is 0. The largest absolute Gasteiger partial charge is 0.488 e. The fraction of sp³-hybridized carbons (Fsp3) is 0.636. The van der Waals surface area contributed by atoms with Gasteiger partial charge in [-0.2, -0.15) is 0 Å². The van der Waals surface area contributed by atoms with Crippen LogP contribution in [-0.2, 0) is 4.74 Å². The summed E-state index contributed by atoms with van der Waals surface area (Å²) in [6.07, 6.45) is 9.69. The van der Waals surface area contributed by atoms with E-state index >= 15 is 0 Å². The number of likely N-dealkylation sites (tertiary alicyclic amines) is 1. The van der Waals surface area contributed by atoms with E-state index < -0.39 is 0 Å². The maximum Gasteiger partial charge on any atom is 0.144 e. The molecule has 0 aliphatic carbocycles. The minimum Gasteiger partial charge on any atom is -0.488 e. The van der Waals surface area contributed by atoms with Crippen molar-refractivity contribution in [3.63, 3.8) is 0 Å². The first-order valence-electron chi connectivity index (χ1n) is 5.22. The predicted molar refractivity (Wildman–Crippen MR) is 55.5 cm³/mol. The zero-order valence-corrected chi connectivity index (χ0v) is 8.62. The summed E-state index contributed by atoms with van der Waals surface area (Å²) >= 11 is 0. The standard InChI is InChI=1S/C11H17N2O/c1-13-7-4-10(5-8-13)14-11-3-2-6-12-9-11/h2-3,10,12H,4-8H2,1H3. The van der Waals surface area contributed by atoms with Crippen molar-refractivity contribution in [2.45, 2.75) is 18.9 Å². The number of dihydropyridines is 1. The van der Waals surface area contributed by atoms with E-state index in [4.69, 9.17) is 4.74 Å². The van der Waals surface area contributed by atoms with Gasteiger partial charge in [0.05, 0.1) is 0 Å². The Kier molecular flexibility index (Phi) is 3.09. The van der Waals surface area contributed by atoms with Crippen LogP contribution in [0.2, 0.25) is 0 Å². The Morgan fingerprint density at radius 3 is 2.93 bits per heavy atom. The molecule has 0 saturated carbocycles. The van der Waals surface area contributed by atoms with E-state index in [0.717, 1.165) is 38.2 Å². The summed E-state index contributed by atoms with van der Waals surface area (Å²) in [7, 11) is 2.16. The molecule has 1 radical (unpaired) electrons. The first kappa shape index (κ1) is 9.59. The molecule has 0 spiro atoms. The van der Waals surface area contributed by atoms with Crippen molar-refractivity contribution in [2.24, 2.45) is 0 Å². The lowest BCUT2D eigenvalue weighted by Gasteiger charge is -2.29. The number of hydrogen-bond acceptors (Lipinski definition) is 3. The summed E-state index contributed by atoms with van der Waals surface area (Å²) in [6.45, 7) is 3.13. The van der Waals surface area contributed by atoms with Crippen molar-refractivity contribution < 1.29 is 4.74 Å². The lowest BCUT2D eigenvalue weighted by molar-refractivity contribution is 0.0622. The molecule has 2 rings (SSSR count). The van der Waals surface area contributed by atoms with Crippen LogP contribution >= 0.6 is 0 Å². The maximum atomic E-state index is 5.81. The van der Waals surface area contributed by atoms with Gasteiger partial charge in [0.15, 0.2) is 0 Å². The van der Waals surface area contributed by atoms with Crippen molar-refractivity contribution in [2.75, 3.05) is 26.7 Å². The molecular formula is C11H17N2O. The molecule has 2 aliphatic heterocycles. The second kappa shape index (κ2) is 4.51. The van der Waals surface area contributed by atoms with E-state index in [1.807, 2.05) is 6.08 Å². The Hall–Kier alpha value is -0.960. The molecule has 1 N–H and O–H groups in total. The van der Waals surface area contributed by atoms with E-state index in [9.17, 15) is 0 Å². The molecule has 0 bridgehead atoms. The van der Waals surface area contributed by atoms with Crippen molar-refractivity contribution in [1.29, 1.82) is 0 Å². The SMILES string of the molecule is CN1CCC(OC2=[C]NCC=C2)CC1. The second-order valence-corrected chi connectivity index (χ2v) is 3.89. The number of hydrogen-bond donors (Lipinski definition) is 1. The minimum absolute atomic E-state index is 0.373. The molecule has 77 valence electrons. The Labute approximate surface area is 85.4 Å². The highest BCUT2D eigenvalue weighted by Crippen LogP contribution is 2.16. The van der Waals surface area contributed by atoms with Gasteiger partial charge in [0.1, 0.15) is 18.1 Å². The van der Waals surface area contributed by atoms with E-state index in [0.29, 0.717) is 6.10 Å². The second-order valence-electron chi connectivity index (χ2n) is 3.89. The Morgan fingerprint density at radius 1 is 1.50 bits per heavy atom. The highest BCUT2D eigenvalue weighted by atomic mass is 16.5. The van der Waals surface area contributed by atoms with Crippen molar-refractivity contribution >= 4 is 0 Å². The van der Waals surface area contributed by atoms with Crippen LogP contribution in [0.15, 0.2) is 17.9 Å². The molecule has 2 aliphatic rings. The molecule has 3 nitrogen and oxygen atoms in total. The first-order valence-corrected chi connectivity index (χ1v) is 5.22. The monoisotopic (exact) mass is 193 g/mol. The molecular weight excluding hydrogens is 176 g/mol. The highest BCUT2D eigenvalue weighted by Gasteiger charge is 2.18. The van der Waals surface area contributed by atoms with Gasteiger partial charge in [-0.1, -0.05) is 6.08 Å². The Morgan fingerprint density at radius 2 is 2.29 bits per heavy atom. The van der Waals surface area contributed by atoms with Crippen LogP contribution in [0.5, 0.6) is 0 Å². The normalized spacial score (nSPS) is 24.2. The zero-order chi connectivity index (χ0) is 9.80. The molecule has 2 heterocycles. The Balaban J connectivity index is 1.80. The topological polar surface area (TPSA) is 24.5 Å². The molecule has 1 fully saturated rings. The Bertz CT molecular complexity index is 240. The van der Waals surface area contributed by atoms with Crippen LogP contribution in [-0.4, -0.2) is 37.7 Å². The molecule has 0 amide bonds. The van der Waals surface area contributed by atoms with E-state index in [1.165, 1.54) is 0 Å². The van der Waals surface area contributed by atoms with Crippen LogP contribution < -0.4 is 5.32 Å². The quantitative estimate of drug-likeness (QED) is 0.705.